The smallest absolute Gasteiger partial charge is 0.349 e. The van der Waals surface area contributed by atoms with E-state index in [0.717, 1.165) is 18.4 Å². The molecule has 1 rings (SSSR count). The Morgan fingerprint density at radius 3 is 2.47 bits per heavy atom. The lowest BCUT2D eigenvalue weighted by Gasteiger charge is -2.04. The molecule has 0 saturated heterocycles. The van der Waals surface area contributed by atoms with E-state index < -0.39 is 5.97 Å². The van der Waals surface area contributed by atoms with Crippen LogP contribution in [0, 0.1) is 0 Å². The van der Waals surface area contributed by atoms with Crippen molar-refractivity contribution in [1.29, 1.82) is 0 Å². The van der Waals surface area contributed by atoms with Gasteiger partial charge in [-0.2, -0.15) is 0 Å². The monoisotopic (exact) mass is 222 g/mol. The lowest BCUT2D eigenvalue weighted by Crippen LogP contribution is -1.99. The predicted octanol–water partition coefficient (Wildman–Crippen LogP) is 3.04. The van der Waals surface area contributed by atoms with Crippen molar-refractivity contribution >= 4 is 24.5 Å². The van der Waals surface area contributed by atoms with Crippen LogP contribution in [-0.4, -0.2) is 5.97 Å². The molecule has 0 radical (unpaired) electrons. The molecular weight excluding hydrogens is 208 g/mol. The maximum absolute atomic E-state index is 11.1. The number of carbonyl (C=O) groups is 1. The van der Waals surface area contributed by atoms with E-state index in [-0.39, 0.29) is 0 Å². The highest BCUT2D eigenvalue weighted by Crippen LogP contribution is 2.16. The van der Waals surface area contributed by atoms with E-state index in [1.807, 2.05) is 24.3 Å². The quantitative estimate of drug-likeness (QED) is 0.481. The third-order valence-electron chi connectivity index (χ3n) is 2.17. The minimum Gasteiger partial charge on any atom is -0.391 e. The molecule has 2 nitrogen and oxygen atoms in total. The summed E-state index contributed by atoms with van der Waals surface area (Å²) in [5.41, 5.74) is 2.36. The molecule has 0 aliphatic heterocycles. The van der Waals surface area contributed by atoms with Gasteiger partial charge in [0, 0.05) is 12.9 Å². The Hall–Kier alpha value is -1.22. The zero-order valence-electron chi connectivity index (χ0n) is 8.69. The molecule has 80 valence electrons. The highest BCUT2D eigenvalue weighted by Gasteiger charge is 2.09. The van der Waals surface area contributed by atoms with Crippen LogP contribution in [0.3, 0.4) is 0 Å². The van der Waals surface area contributed by atoms with Crippen molar-refractivity contribution in [3.63, 3.8) is 0 Å². The summed E-state index contributed by atoms with van der Waals surface area (Å²) in [6.07, 6.45) is 2.16. The van der Waals surface area contributed by atoms with Crippen molar-refractivity contribution in [2.24, 2.45) is 0 Å². The number of thiol groups is 1. The summed E-state index contributed by atoms with van der Waals surface area (Å²) in [6, 6.07) is 7.74. The van der Waals surface area contributed by atoms with Gasteiger partial charge in [-0.1, -0.05) is 44.2 Å². The summed E-state index contributed by atoms with van der Waals surface area (Å²) in [5, 5.41) is 0. The molecule has 0 N–H and O–H groups in total. The second-order valence-electron chi connectivity index (χ2n) is 3.30. The second-order valence-corrected chi connectivity index (χ2v) is 3.49. The fraction of sp³-hybridized carbons (Fsp3) is 0.250. The number of carbonyl (C=O) groups excluding carboxylic acids is 1. The fourth-order valence-corrected chi connectivity index (χ4v) is 1.44. The van der Waals surface area contributed by atoms with Crippen LogP contribution < -0.4 is 0 Å². The van der Waals surface area contributed by atoms with Crippen LogP contribution in [0.1, 0.15) is 24.5 Å². The van der Waals surface area contributed by atoms with E-state index in [1.165, 1.54) is 5.56 Å². The predicted molar refractivity (Wildman–Crippen MR) is 64.5 cm³/mol. The van der Waals surface area contributed by atoms with E-state index in [9.17, 15) is 4.79 Å². The third-order valence-corrected chi connectivity index (χ3v) is 2.34. The lowest BCUT2D eigenvalue weighted by atomic mass is 10.0. The lowest BCUT2D eigenvalue weighted by molar-refractivity contribution is -0.126. The molecular formula is C12H14O2S. The van der Waals surface area contributed by atoms with Gasteiger partial charge in [0.25, 0.3) is 0 Å². The van der Waals surface area contributed by atoms with Crippen molar-refractivity contribution in [2.75, 3.05) is 0 Å². The van der Waals surface area contributed by atoms with Crippen LogP contribution in [0.2, 0.25) is 0 Å². The normalized spacial score (nSPS) is 9.73. The molecule has 15 heavy (non-hydrogen) atoms. The van der Waals surface area contributed by atoms with Crippen LogP contribution >= 0.6 is 12.9 Å². The topological polar surface area (TPSA) is 26.3 Å². The molecule has 0 unspecified atom stereocenters. The first-order valence-electron chi connectivity index (χ1n) is 4.83. The minimum absolute atomic E-state index is 0.327. The molecule has 0 aliphatic carbocycles. The molecule has 1 aromatic rings. The summed E-state index contributed by atoms with van der Waals surface area (Å²) in [7, 11) is 0. The minimum atomic E-state index is -0.512. The molecule has 3 heteroatoms. The Labute approximate surface area is 95.6 Å². The third kappa shape index (κ3) is 3.13. The van der Waals surface area contributed by atoms with Gasteiger partial charge in [0.15, 0.2) is 0 Å². The number of benzene rings is 1. The van der Waals surface area contributed by atoms with Crippen molar-refractivity contribution in [3.05, 3.63) is 42.0 Å². The maximum Gasteiger partial charge on any atom is 0.349 e. The molecule has 0 atom stereocenters. The molecule has 0 spiro atoms. The first-order chi connectivity index (χ1) is 7.19. The SMILES string of the molecule is C=C(C(=O)OS)c1ccc(CCC)cc1. The maximum atomic E-state index is 11.1. The van der Waals surface area contributed by atoms with Crippen LogP contribution in [0.25, 0.3) is 5.57 Å². The molecule has 0 saturated carbocycles. The van der Waals surface area contributed by atoms with Crippen LogP contribution in [0.15, 0.2) is 30.8 Å². The van der Waals surface area contributed by atoms with Gasteiger partial charge in [0.1, 0.15) is 0 Å². The first kappa shape index (κ1) is 11.9. The van der Waals surface area contributed by atoms with Crippen molar-refractivity contribution in [1.82, 2.24) is 0 Å². The molecule has 1 aromatic carbocycles. The van der Waals surface area contributed by atoms with E-state index in [0.29, 0.717) is 5.57 Å². The van der Waals surface area contributed by atoms with Gasteiger partial charge < -0.3 is 4.18 Å². The van der Waals surface area contributed by atoms with Gasteiger partial charge >= 0.3 is 5.97 Å². The standard InChI is InChI=1S/C12H14O2S/c1-3-4-10-5-7-11(8-6-10)9(2)12(13)14-15/h5-8,15H,2-4H2,1H3. The molecule has 0 aliphatic rings. The second kappa shape index (κ2) is 5.61. The van der Waals surface area contributed by atoms with E-state index in [1.54, 1.807) is 0 Å². The molecule has 0 fully saturated rings. The highest BCUT2D eigenvalue weighted by atomic mass is 32.1. The Morgan fingerprint density at radius 2 is 2.00 bits per heavy atom. The van der Waals surface area contributed by atoms with Gasteiger partial charge in [-0.05, 0) is 17.5 Å². The van der Waals surface area contributed by atoms with Gasteiger partial charge in [-0.25, -0.2) is 4.79 Å². The molecule has 0 amide bonds. The van der Waals surface area contributed by atoms with Crippen LogP contribution in [0.5, 0.6) is 0 Å². The first-order valence-corrected chi connectivity index (χ1v) is 5.19. The molecule has 0 aromatic heterocycles. The summed E-state index contributed by atoms with van der Waals surface area (Å²) < 4.78 is 4.30. The molecule has 0 heterocycles. The average molecular weight is 222 g/mol. The van der Waals surface area contributed by atoms with Gasteiger partial charge in [-0.3, -0.25) is 0 Å². The Kier molecular flexibility index (Phi) is 4.43. The zero-order valence-corrected chi connectivity index (χ0v) is 9.59. The summed E-state index contributed by atoms with van der Waals surface area (Å²) >= 11 is 3.45. The number of aryl methyl sites for hydroxylation is 1. The fourth-order valence-electron chi connectivity index (χ4n) is 1.33. The molecule has 0 bridgehead atoms. The van der Waals surface area contributed by atoms with E-state index in [4.69, 9.17) is 0 Å². The number of hydrogen-bond donors (Lipinski definition) is 1. The highest BCUT2D eigenvalue weighted by molar-refractivity contribution is 7.75. The van der Waals surface area contributed by atoms with E-state index in [2.05, 4.69) is 30.6 Å². The zero-order chi connectivity index (χ0) is 11.3. The Bertz CT molecular complexity index is 354. The summed E-state index contributed by atoms with van der Waals surface area (Å²) in [4.78, 5) is 11.1. The number of hydrogen-bond acceptors (Lipinski definition) is 3. The van der Waals surface area contributed by atoms with Gasteiger partial charge in [0.2, 0.25) is 0 Å². The van der Waals surface area contributed by atoms with Crippen molar-refractivity contribution < 1.29 is 8.98 Å². The summed E-state index contributed by atoms with van der Waals surface area (Å²) in [5.74, 6) is -0.512. The Morgan fingerprint density at radius 1 is 1.40 bits per heavy atom. The average Bonchev–Trinajstić information content (AvgIpc) is 2.28. The summed E-state index contributed by atoms with van der Waals surface area (Å²) in [6.45, 7) is 5.78. The largest absolute Gasteiger partial charge is 0.391 e. The Balaban J connectivity index is 2.80. The van der Waals surface area contributed by atoms with E-state index >= 15 is 0 Å². The van der Waals surface area contributed by atoms with Gasteiger partial charge in [-0.15, -0.1) is 0 Å². The van der Waals surface area contributed by atoms with Crippen molar-refractivity contribution in [3.8, 4) is 0 Å². The van der Waals surface area contributed by atoms with Gasteiger partial charge in [0.05, 0.1) is 5.57 Å². The van der Waals surface area contributed by atoms with Crippen LogP contribution in [0.4, 0.5) is 0 Å². The number of rotatable bonds is 4. The van der Waals surface area contributed by atoms with Crippen molar-refractivity contribution in [2.45, 2.75) is 19.8 Å². The van der Waals surface area contributed by atoms with Crippen LogP contribution in [-0.2, 0) is 15.4 Å².